The molecule has 0 spiro atoms. The van der Waals surface area contributed by atoms with Gasteiger partial charge in [-0.05, 0) is 41.5 Å². The molecule has 0 saturated heterocycles. The van der Waals surface area contributed by atoms with Crippen LogP contribution in [0.5, 0.6) is 0 Å². The molecule has 0 unspecified atom stereocenters. The number of aliphatic hydroxyl groups excluding tert-OH is 1. The van der Waals surface area contributed by atoms with Crippen LogP contribution in [0, 0.1) is 0 Å². The third-order valence-corrected chi connectivity index (χ3v) is 6.57. The van der Waals surface area contributed by atoms with Crippen molar-refractivity contribution in [1.82, 2.24) is 10.6 Å². The second kappa shape index (κ2) is 9.62. The molecule has 0 aliphatic heterocycles. The Balaban J connectivity index is 1.36. The molecule has 2 aliphatic rings. The third-order valence-electron chi connectivity index (χ3n) is 6.57. The van der Waals surface area contributed by atoms with Crippen molar-refractivity contribution >= 4 is 18.0 Å². The number of nitrogens with one attached hydrogen (secondary N) is 2. The molecule has 0 heterocycles. The van der Waals surface area contributed by atoms with Gasteiger partial charge in [0.25, 0.3) is 0 Å². The number of carboxylic acids is 1. The minimum Gasteiger partial charge on any atom is -0.480 e. The zero-order valence-electron chi connectivity index (χ0n) is 18.3. The quantitative estimate of drug-likeness (QED) is 0.464. The number of benzene rings is 2. The Morgan fingerprint density at radius 3 is 2.15 bits per heavy atom. The largest absolute Gasteiger partial charge is 0.480 e. The highest BCUT2D eigenvalue weighted by Gasteiger charge is 2.41. The summed E-state index contributed by atoms with van der Waals surface area (Å²) >= 11 is 0. The van der Waals surface area contributed by atoms with Gasteiger partial charge in [0.15, 0.2) is 0 Å². The summed E-state index contributed by atoms with van der Waals surface area (Å²) in [5.74, 6) is -1.74. The van der Waals surface area contributed by atoms with Gasteiger partial charge in [-0.15, -0.1) is 0 Å². The van der Waals surface area contributed by atoms with Crippen LogP contribution < -0.4 is 10.6 Å². The van der Waals surface area contributed by atoms with E-state index in [4.69, 9.17) is 14.9 Å². The summed E-state index contributed by atoms with van der Waals surface area (Å²) in [5.41, 5.74) is 3.78. The fraction of sp³-hybridized carbons (Fsp3) is 0.400. The predicted molar refractivity (Wildman–Crippen MR) is 121 cm³/mol. The van der Waals surface area contributed by atoms with Crippen molar-refractivity contribution in [1.29, 1.82) is 0 Å². The molecule has 0 bridgehead atoms. The van der Waals surface area contributed by atoms with Crippen molar-refractivity contribution in [3.05, 3.63) is 59.7 Å². The number of fused-ring (bicyclic) bond motifs is 3. The summed E-state index contributed by atoms with van der Waals surface area (Å²) in [6, 6.07) is 15.0. The summed E-state index contributed by atoms with van der Waals surface area (Å²) < 4.78 is 5.60. The summed E-state index contributed by atoms with van der Waals surface area (Å²) in [7, 11) is 0. The lowest BCUT2D eigenvalue weighted by molar-refractivity contribution is -0.142. The number of carboxylic acid groups (broad SMARTS) is 1. The van der Waals surface area contributed by atoms with E-state index >= 15 is 0 Å². The van der Waals surface area contributed by atoms with Crippen LogP contribution in [0.1, 0.15) is 49.1 Å². The van der Waals surface area contributed by atoms with Crippen molar-refractivity contribution in [2.75, 3.05) is 13.2 Å². The monoisotopic (exact) mass is 452 g/mol. The molecule has 2 aliphatic carbocycles. The van der Waals surface area contributed by atoms with Gasteiger partial charge >= 0.3 is 12.1 Å². The van der Waals surface area contributed by atoms with Gasteiger partial charge in [0.1, 0.15) is 12.6 Å². The van der Waals surface area contributed by atoms with Crippen LogP contribution in [-0.4, -0.2) is 53.0 Å². The van der Waals surface area contributed by atoms with Gasteiger partial charge in [-0.1, -0.05) is 48.5 Å². The van der Waals surface area contributed by atoms with Gasteiger partial charge in [0, 0.05) is 25.4 Å². The molecule has 174 valence electrons. The van der Waals surface area contributed by atoms with Crippen LogP contribution in [0.15, 0.2) is 48.5 Å². The first-order valence-electron chi connectivity index (χ1n) is 11.2. The minimum atomic E-state index is -1.20. The normalized spacial score (nSPS) is 16.6. The van der Waals surface area contributed by atoms with Crippen LogP contribution in [0.2, 0.25) is 0 Å². The van der Waals surface area contributed by atoms with E-state index in [2.05, 4.69) is 22.8 Å². The highest BCUT2D eigenvalue weighted by Crippen LogP contribution is 2.44. The van der Waals surface area contributed by atoms with Crippen LogP contribution >= 0.6 is 0 Å². The van der Waals surface area contributed by atoms with E-state index < -0.39 is 29.6 Å². The molecule has 4 rings (SSSR count). The number of rotatable bonds is 9. The van der Waals surface area contributed by atoms with E-state index in [0.29, 0.717) is 12.8 Å². The first-order valence-corrected chi connectivity index (χ1v) is 11.2. The number of ether oxygens (including phenoxy) is 1. The van der Waals surface area contributed by atoms with E-state index in [0.717, 1.165) is 28.7 Å². The number of aliphatic hydroxyl groups is 1. The second-order valence-corrected chi connectivity index (χ2v) is 8.73. The molecule has 33 heavy (non-hydrogen) atoms. The number of carbonyl (C=O) groups excluding carboxylic acids is 2. The zero-order valence-corrected chi connectivity index (χ0v) is 18.3. The lowest BCUT2D eigenvalue weighted by atomic mass is 9.74. The fourth-order valence-corrected chi connectivity index (χ4v) is 4.74. The van der Waals surface area contributed by atoms with Gasteiger partial charge in [-0.3, -0.25) is 4.79 Å². The molecular formula is C25H28N2O6. The Kier molecular flexibility index (Phi) is 6.65. The van der Waals surface area contributed by atoms with Crippen LogP contribution in [0.3, 0.4) is 0 Å². The van der Waals surface area contributed by atoms with Crippen LogP contribution in [0.25, 0.3) is 11.1 Å². The molecule has 4 N–H and O–H groups in total. The maximum absolute atomic E-state index is 12.7. The van der Waals surface area contributed by atoms with Crippen molar-refractivity contribution in [3.8, 4) is 11.1 Å². The van der Waals surface area contributed by atoms with Gasteiger partial charge in [-0.25, -0.2) is 9.59 Å². The van der Waals surface area contributed by atoms with Crippen LogP contribution in [-0.2, 0) is 14.3 Å². The lowest BCUT2D eigenvalue weighted by Gasteiger charge is -2.41. The molecule has 2 aromatic rings. The zero-order chi connectivity index (χ0) is 23.4. The SMILES string of the molecule is O=C(CC1(NC(=O)OCC2c3ccccc3-c3ccccc32)CCC1)N[C@@H](CCO)C(=O)O. The smallest absolute Gasteiger partial charge is 0.407 e. The maximum atomic E-state index is 12.7. The average molecular weight is 453 g/mol. The van der Waals surface area contributed by atoms with E-state index in [1.807, 2.05) is 36.4 Å². The Morgan fingerprint density at radius 2 is 1.64 bits per heavy atom. The van der Waals surface area contributed by atoms with E-state index in [1.165, 1.54) is 0 Å². The Bertz CT molecular complexity index is 1000. The molecular weight excluding hydrogens is 424 g/mol. The number of carbonyl (C=O) groups is 3. The highest BCUT2D eigenvalue weighted by molar-refractivity contribution is 5.85. The molecule has 8 heteroatoms. The number of amides is 2. The maximum Gasteiger partial charge on any atom is 0.407 e. The first kappa shape index (κ1) is 22.8. The van der Waals surface area contributed by atoms with Gasteiger partial charge in [-0.2, -0.15) is 0 Å². The molecule has 8 nitrogen and oxygen atoms in total. The van der Waals surface area contributed by atoms with Crippen molar-refractivity contribution in [2.24, 2.45) is 0 Å². The fourth-order valence-electron chi connectivity index (χ4n) is 4.74. The molecule has 1 saturated carbocycles. The molecule has 0 radical (unpaired) electrons. The highest BCUT2D eigenvalue weighted by atomic mass is 16.5. The van der Waals surface area contributed by atoms with Crippen molar-refractivity contribution < 1.29 is 29.3 Å². The average Bonchev–Trinajstić information content (AvgIpc) is 3.09. The first-order chi connectivity index (χ1) is 15.9. The van der Waals surface area contributed by atoms with E-state index in [-0.39, 0.29) is 32.0 Å². The predicted octanol–water partition coefficient (Wildman–Crippen LogP) is 2.79. The molecule has 2 amide bonds. The number of hydrogen-bond donors (Lipinski definition) is 4. The summed E-state index contributed by atoms with van der Waals surface area (Å²) in [6.07, 6.45) is 1.38. The van der Waals surface area contributed by atoms with Gasteiger partial charge < -0.3 is 25.6 Å². The van der Waals surface area contributed by atoms with E-state index in [1.54, 1.807) is 0 Å². The van der Waals surface area contributed by atoms with Crippen molar-refractivity contribution in [3.63, 3.8) is 0 Å². The molecule has 2 aromatic carbocycles. The Hall–Kier alpha value is -3.39. The number of alkyl carbamates (subject to hydrolysis) is 1. The number of aliphatic carboxylic acids is 1. The molecule has 0 aromatic heterocycles. The van der Waals surface area contributed by atoms with Crippen molar-refractivity contribution in [2.45, 2.75) is 49.6 Å². The van der Waals surface area contributed by atoms with Crippen LogP contribution in [0.4, 0.5) is 4.79 Å². The van der Waals surface area contributed by atoms with Gasteiger partial charge in [0.2, 0.25) is 5.91 Å². The minimum absolute atomic E-state index is 0.0353. The Labute approximate surface area is 192 Å². The second-order valence-electron chi connectivity index (χ2n) is 8.73. The summed E-state index contributed by atoms with van der Waals surface area (Å²) in [4.78, 5) is 36.3. The standard InChI is InChI=1S/C25H28N2O6/c28-13-10-21(23(30)31)26-22(29)14-25(11-5-12-25)27-24(32)33-15-20-18-8-3-1-6-16(18)17-7-2-4-9-19(17)20/h1-4,6-9,20-21,28H,5,10-15H2,(H,26,29)(H,27,32)(H,30,31)/t21-/m0/s1. The lowest BCUT2D eigenvalue weighted by Crippen LogP contribution is -2.57. The molecule has 1 atom stereocenters. The Morgan fingerprint density at radius 1 is 1.03 bits per heavy atom. The summed E-state index contributed by atoms with van der Waals surface area (Å²) in [5, 5.41) is 23.4. The van der Waals surface area contributed by atoms with Gasteiger partial charge in [0.05, 0.1) is 5.54 Å². The summed E-state index contributed by atoms with van der Waals surface area (Å²) in [6.45, 7) is -0.167. The van der Waals surface area contributed by atoms with E-state index in [9.17, 15) is 14.4 Å². The topological polar surface area (TPSA) is 125 Å². The number of hydrogen-bond acceptors (Lipinski definition) is 5. The third kappa shape index (κ3) is 4.85. The molecule has 1 fully saturated rings.